The van der Waals surface area contributed by atoms with Crippen LogP contribution in [0.3, 0.4) is 0 Å². The van der Waals surface area contributed by atoms with Gasteiger partial charge < -0.3 is 20.3 Å². The summed E-state index contributed by atoms with van der Waals surface area (Å²) in [5, 5.41) is 6.59. The molecule has 24 heavy (non-hydrogen) atoms. The number of carbonyl (C=O) groups is 1. The second-order valence-electron chi connectivity index (χ2n) is 4.95. The molecule has 0 bridgehead atoms. The number of aliphatic imine (C=N–C) groups is 1. The molecule has 134 valence electrons. The normalized spacial score (nSPS) is 10.4. The molecular weight excluding hydrogens is 443 g/mol. The maximum Gasteiger partial charge on any atom is 0.241 e. The van der Waals surface area contributed by atoms with Gasteiger partial charge in [0.05, 0.1) is 25.2 Å². The third-order valence-corrected chi connectivity index (χ3v) is 3.25. The number of carbonyl (C=O) groups excluding carboxylic acids is 1. The van der Waals surface area contributed by atoms with E-state index in [2.05, 4.69) is 22.2 Å². The second-order valence-corrected chi connectivity index (χ2v) is 5.35. The molecule has 0 atom stereocenters. The van der Waals surface area contributed by atoms with E-state index in [0.717, 1.165) is 5.56 Å². The molecule has 0 unspecified atom stereocenters. The summed E-state index contributed by atoms with van der Waals surface area (Å²) in [7, 11) is 4.98. The maximum atomic E-state index is 11.6. The Balaban J connectivity index is 0.00000529. The van der Waals surface area contributed by atoms with Gasteiger partial charge in [-0.25, -0.2) is 4.99 Å². The molecule has 0 spiro atoms. The van der Waals surface area contributed by atoms with Crippen LogP contribution < -0.4 is 15.4 Å². The van der Waals surface area contributed by atoms with E-state index in [-0.39, 0.29) is 36.4 Å². The predicted molar refractivity (Wildman–Crippen MR) is 109 cm³/mol. The van der Waals surface area contributed by atoms with Crippen molar-refractivity contribution in [3.05, 3.63) is 41.4 Å². The lowest BCUT2D eigenvalue weighted by Crippen LogP contribution is -2.43. The second kappa shape index (κ2) is 12.0. The zero-order valence-electron chi connectivity index (χ0n) is 14.1. The lowest BCUT2D eigenvalue weighted by Gasteiger charge is -2.14. The van der Waals surface area contributed by atoms with Crippen molar-refractivity contribution in [1.29, 1.82) is 0 Å². The van der Waals surface area contributed by atoms with Gasteiger partial charge in [-0.05, 0) is 17.7 Å². The number of hydrogen-bond acceptors (Lipinski definition) is 3. The van der Waals surface area contributed by atoms with Gasteiger partial charge in [0, 0.05) is 20.6 Å². The maximum absolute atomic E-state index is 11.6. The van der Waals surface area contributed by atoms with Gasteiger partial charge in [-0.2, -0.15) is 0 Å². The fraction of sp³-hybridized carbons (Fsp3) is 0.375. The van der Waals surface area contributed by atoms with Gasteiger partial charge in [0.15, 0.2) is 5.96 Å². The first-order valence-electron chi connectivity index (χ1n) is 7.13. The Morgan fingerprint density at radius 3 is 2.67 bits per heavy atom. The first-order chi connectivity index (χ1) is 11.0. The standard InChI is InChI=1S/C16H23ClN4O2.HI/c1-5-8-18-16(20-11-15(22)21(2)3)19-10-12-6-7-14(23-4)13(17)9-12;/h5-7,9H,1,8,10-11H2,2-4H3,(H2,18,19,20);1H. The quantitative estimate of drug-likeness (QED) is 0.280. The Labute approximate surface area is 165 Å². The highest BCUT2D eigenvalue weighted by Gasteiger charge is 2.06. The highest BCUT2D eigenvalue weighted by molar-refractivity contribution is 14.0. The molecule has 0 aliphatic rings. The molecule has 0 heterocycles. The number of nitrogens with zero attached hydrogens (tertiary/aromatic N) is 2. The summed E-state index contributed by atoms with van der Waals surface area (Å²) >= 11 is 6.10. The molecular formula is C16H24ClIN4O2. The highest BCUT2D eigenvalue weighted by Crippen LogP contribution is 2.25. The lowest BCUT2D eigenvalue weighted by atomic mass is 10.2. The van der Waals surface area contributed by atoms with Crippen molar-refractivity contribution in [2.24, 2.45) is 4.99 Å². The van der Waals surface area contributed by atoms with E-state index < -0.39 is 0 Å². The Hall–Kier alpha value is -1.48. The third kappa shape index (κ3) is 7.87. The van der Waals surface area contributed by atoms with Crippen LogP contribution in [-0.4, -0.2) is 51.1 Å². The molecule has 1 aromatic rings. The van der Waals surface area contributed by atoms with E-state index in [1.807, 2.05) is 6.07 Å². The summed E-state index contributed by atoms with van der Waals surface area (Å²) < 4.78 is 5.12. The van der Waals surface area contributed by atoms with Crippen molar-refractivity contribution in [2.75, 3.05) is 34.3 Å². The van der Waals surface area contributed by atoms with Crippen LogP contribution in [-0.2, 0) is 11.3 Å². The van der Waals surface area contributed by atoms with Gasteiger partial charge in [-0.1, -0.05) is 23.7 Å². The minimum atomic E-state index is -0.0365. The molecule has 1 aromatic carbocycles. The number of amides is 1. The van der Waals surface area contributed by atoms with Crippen molar-refractivity contribution < 1.29 is 9.53 Å². The van der Waals surface area contributed by atoms with Crippen molar-refractivity contribution >= 4 is 47.4 Å². The Kier molecular flexibility index (Phi) is 11.2. The van der Waals surface area contributed by atoms with Gasteiger partial charge >= 0.3 is 0 Å². The molecule has 0 saturated heterocycles. The number of benzene rings is 1. The topological polar surface area (TPSA) is 66.0 Å². The number of nitrogens with one attached hydrogen (secondary N) is 2. The van der Waals surface area contributed by atoms with E-state index in [4.69, 9.17) is 16.3 Å². The Morgan fingerprint density at radius 1 is 1.42 bits per heavy atom. The number of hydrogen-bond donors (Lipinski definition) is 2. The molecule has 0 saturated carbocycles. The molecule has 0 aliphatic heterocycles. The molecule has 6 nitrogen and oxygen atoms in total. The predicted octanol–water partition coefficient (Wildman–Crippen LogP) is 2.28. The smallest absolute Gasteiger partial charge is 0.241 e. The van der Waals surface area contributed by atoms with Crippen molar-refractivity contribution in [2.45, 2.75) is 6.54 Å². The van der Waals surface area contributed by atoms with Crippen LogP contribution in [0.5, 0.6) is 5.75 Å². The summed E-state index contributed by atoms with van der Waals surface area (Å²) in [6.07, 6.45) is 1.72. The fourth-order valence-electron chi connectivity index (χ4n) is 1.64. The fourth-order valence-corrected chi connectivity index (χ4v) is 1.92. The van der Waals surface area contributed by atoms with Crippen LogP contribution in [0.4, 0.5) is 0 Å². The molecule has 0 aromatic heterocycles. The first-order valence-corrected chi connectivity index (χ1v) is 7.51. The zero-order chi connectivity index (χ0) is 17.2. The van der Waals surface area contributed by atoms with Gasteiger partial charge in [-0.15, -0.1) is 30.6 Å². The van der Waals surface area contributed by atoms with Gasteiger partial charge in [0.2, 0.25) is 5.91 Å². The van der Waals surface area contributed by atoms with E-state index in [1.54, 1.807) is 39.4 Å². The summed E-state index contributed by atoms with van der Waals surface area (Å²) in [5.74, 6) is 1.12. The number of ether oxygens (including phenoxy) is 1. The zero-order valence-corrected chi connectivity index (χ0v) is 17.2. The average Bonchev–Trinajstić information content (AvgIpc) is 2.53. The van der Waals surface area contributed by atoms with E-state index in [1.165, 1.54) is 4.90 Å². The van der Waals surface area contributed by atoms with Crippen LogP contribution in [0.1, 0.15) is 5.56 Å². The van der Waals surface area contributed by atoms with E-state index in [9.17, 15) is 4.79 Å². The Bertz CT molecular complexity index is 579. The molecule has 2 N–H and O–H groups in total. The van der Waals surface area contributed by atoms with Crippen molar-refractivity contribution in [3.8, 4) is 5.75 Å². The van der Waals surface area contributed by atoms with E-state index >= 15 is 0 Å². The SMILES string of the molecule is C=CCNC(=NCc1ccc(OC)c(Cl)c1)NCC(=O)N(C)C.I. The number of likely N-dealkylation sites (N-methyl/N-ethyl adjacent to an activating group) is 1. The van der Waals surface area contributed by atoms with Crippen LogP contribution in [0.15, 0.2) is 35.8 Å². The van der Waals surface area contributed by atoms with Crippen LogP contribution in [0, 0.1) is 0 Å². The largest absolute Gasteiger partial charge is 0.495 e. The molecule has 1 rings (SSSR count). The molecule has 0 fully saturated rings. The summed E-state index contributed by atoms with van der Waals surface area (Å²) in [6.45, 7) is 4.79. The first kappa shape index (κ1) is 22.5. The average molecular weight is 467 g/mol. The number of methoxy groups -OCH3 is 1. The summed E-state index contributed by atoms with van der Waals surface area (Å²) in [6, 6.07) is 5.50. The summed E-state index contributed by atoms with van der Waals surface area (Å²) in [4.78, 5) is 17.6. The van der Waals surface area contributed by atoms with Crippen molar-refractivity contribution in [3.63, 3.8) is 0 Å². The minimum absolute atomic E-state index is 0. The molecule has 8 heteroatoms. The molecule has 0 aliphatic carbocycles. The third-order valence-electron chi connectivity index (χ3n) is 2.96. The molecule has 1 amide bonds. The van der Waals surface area contributed by atoms with Gasteiger partial charge in [0.1, 0.15) is 5.75 Å². The molecule has 0 radical (unpaired) electrons. The highest BCUT2D eigenvalue weighted by atomic mass is 127. The van der Waals surface area contributed by atoms with E-state index in [0.29, 0.717) is 29.8 Å². The Morgan fingerprint density at radius 2 is 2.12 bits per heavy atom. The monoisotopic (exact) mass is 466 g/mol. The lowest BCUT2D eigenvalue weighted by molar-refractivity contribution is -0.127. The minimum Gasteiger partial charge on any atom is -0.495 e. The number of rotatable bonds is 7. The van der Waals surface area contributed by atoms with Gasteiger partial charge in [0.25, 0.3) is 0 Å². The van der Waals surface area contributed by atoms with Crippen molar-refractivity contribution in [1.82, 2.24) is 15.5 Å². The van der Waals surface area contributed by atoms with Crippen LogP contribution >= 0.6 is 35.6 Å². The summed E-state index contributed by atoms with van der Waals surface area (Å²) in [5.41, 5.74) is 0.939. The van der Waals surface area contributed by atoms with Crippen LogP contribution in [0.2, 0.25) is 5.02 Å². The van der Waals surface area contributed by atoms with Gasteiger partial charge in [-0.3, -0.25) is 4.79 Å². The van der Waals surface area contributed by atoms with Crippen LogP contribution in [0.25, 0.3) is 0 Å². The number of guanidine groups is 1. The number of halogens is 2.